The first kappa shape index (κ1) is 16.2. The molecule has 2 rings (SSSR count). The van der Waals surface area contributed by atoms with Crippen molar-refractivity contribution in [2.75, 3.05) is 52.9 Å². The van der Waals surface area contributed by atoms with Crippen LogP contribution in [-0.4, -0.2) is 85.8 Å². The lowest BCUT2D eigenvalue weighted by atomic mass is 10.1. The molecule has 118 valence electrons. The van der Waals surface area contributed by atoms with Crippen molar-refractivity contribution in [3.8, 4) is 0 Å². The van der Waals surface area contributed by atoms with E-state index in [1.165, 1.54) is 19.6 Å². The highest BCUT2D eigenvalue weighted by Crippen LogP contribution is 2.17. The van der Waals surface area contributed by atoms with Crippen LogP contribution in [-0.2, 0) is 4.74 Å². The Morgan fingerprint density at radius 2 is 1.75 bits per heavy atom. The molecule has 0 saturated carbocycles. The van der Waals surface area contributed by atoms with Gasteiger partial charge in [0.15, 0.2) is 0 Å². The fourth-order valence-corrected chi connectivity index (χ4v) is 3.03. The molecule has 0 N–H and O–H groups in total. The Hall–Kier alpha value is -0.160. The largest absolute Gasteiger partial charge is 0.374 e. The van der Waals surface area contributed by atoms with Crippen molar-refractivity contribution >= 4 is 0 Å². The molecule has 0 atom stereocenters. The zero-order valence-electron chi connectivity index (χ0n) is 14.0. The van der Waals surface area contributed by atoms with Crippen LogP contribution < -0.4 is 0 Å². The summed E-state index contributed by atoms with van der Waals surface area (Å²) in [6.45, 7) is 17.0. The standard InChI is InChI=1S/C16H33N3O/c1-13(2)8-18-11-16(12-18)20-7-6-17(5)15-9-19(10-15)14(3)4/h13-16H,6-12H2,1-5H3. The summed E-state index contributed by atoms with van der Waals surface area (Å²) in [5.41, 5.74) is 0. The van der Waals surface area contributed by atoms with Gasteiger partial charge in [-0.15, -0.1) is 0 Å². The minimum atomic E-state index is 0.482. The smallest absolute Gasteiger partial charge is 0.0829 e. The van der Waals surface area contributed by atoms with E-state index in [1.54, 1.807) is 0 Å². The Bertz CT molecular complexity index is 283. The van der Waals surface area contributed by atoms with Gasteiger partial charge in [-0.1, -0.05) is 13.8 Å². The van der Waals surface area contributed by atoms with Gasteiger partial charge in [0, 0.05) is 51.4 Å². The lowest BCUT2D eigenvalue weighted by Gasteiger charge is -2.46. The molecular weight excluding hydrogens is 250 g/mol. The van der Waals surface area contributed by atoms with Gasteiger partial charge in [-0.2, -0.15) is 0 Å². The molecule has 0 aromatic carbocycles. The molecule has 2 fully saturated rings. The summed E-state index contributed by atoms with van der Waals surface area (Å²) in [5, 5.41) is 0. The van der Waals surface area contributed by atoms with Crippen molar-refractivity contribution in [2.24, 2.45) is 5.92 Å². The van der Waals surface area contributed by atoms with Gasteiger partial charge in [0.05, 0.1) is 12.7 Å². The Labute approximate surface area is 125 Å². The van der Waals surface area contributed by atoms with Gasteiger partial charge in [0.25, 0.3) is 0 Å². The van der Waals surface area contributed by atoms with Crippen molar-refractivity contribution in [3.05, 3.63) is 0 Å². The number of hydrogen-bond donors (Lipinski definition) is 0. The molecule has 0 aromatic rings. The van der Waals surface area contributed by atoms with E-state index in [-0.39, 0.29) is 0 Å². The molecule has 20 heavy (non-hydrogen) atoms. The second-order valence-electron chi connectivity index (χ2n) is 7.29. The second kappa shape index (κ2) is 7.21. The second-order valence-corrected chi connectivity index (χ2v) is 7.29. The summed E-state index contributed by atoms with van der Waals surface area (Å²) < 4.78 is 5.96. The van der Waals surface area contributed by atoms with Crippen LogP contribution >= 0.6 is 0 Å². The average Bonchev–Trinajstić information content (AvgIpc) is 2.22. The lowest BCUT2D eigenvalue weighted by Crippen LogP contribution is -2.60. The Morgan fingerprint density at radius 3 is 2.30 bits per heavy atom. The van der Waals surface area contributed by atoms with E-state index in [1.807, 2.05) is 0 Å². The van der Waals surface area contributed by atoms with E-state index in [0.29, 0.717) is 12.1 Å². The summed E-state index contributed by atoms with van der Waals surface area (Å²) in [7, 11) is 2.23. The summed E-state index contributed by atoms with van der Waals surface area (Å²) in [4.78, 5) is 7.48. The fraction of sp³-hybridized carbons (Fsp3) is 1.00. The Balaban J connectivity index is 1.48. The number of likely N-dealkylation sites (tertiary alicyclic amines) is 2. The number of rotatable bonds is 8. The van der Waals surface area contributed by atoms with Crippen LogP contribution in [0.25, 0.3) is 0 Å². The topological polar surface area (TPSA) is 19.0 Å². The SMILES string of the molecule is CC(C)CN1CC(OCCN(C)C2CN(C(C)C)C2)C1. The van der Waals surface area contributed by atoms with Crippen LogP contribution in [0.5, 0.6) is 0 Å². The van der Waals surface area contributed by atoms with E-state index in [4.69, 9.17) is 4.74 Å². The van der Waals surface area contributed by atoms with E-state index in [9.17, 15) is 0 Å². The molecule has 0 radical (unpaired) electrons. The zero-order valence-corrected chi connectivity index (χ0v) is 14.0. The van der Waals surface area contributed by atoms with Gasteiger partial charge in [0.2, 0.25) is 0 Å². The zero-order chi connectivity index (χ0) is 14.7. The third-order valence-electron chi connectivity index (χ3n) is 4.59. The maximum absolute atomic E-state index is 5.96. The Kier molecular flexibility index (Phi) is 5.84. The molecule has 0 amide bonds. The van der Waals surface area contributed by atoms with Crippen LogP contribution in [0, 0.1) is 5.92 Å². The highest BCUT2D eigenvalue weighted by atomic mass is 16.5. The number of likely N-dealkylation sites (N-methyl/N-ethyl adjacent to an activating group) is 1. The summed E-state index contributed by atoms with van der Waals surface area (Å²) in [6.07, 6.45) is 0.482. The number of ether oxygens (including phenoxy) is 1. The quantitative estimate of drug-likeness (QED) is 0.669. The summed E-state index contributed by atoms with van der Waals surface area (Å²) >= 11 is 0. The van der Waals surface area contributed by atoms with Crippen molar-refractivity contribution < 1.29 is 4.74 Å². The molecule has 0 aromatic heterocycles. The maximum Gasteiger partial charge on any atom is 0.0829 e. The van der Waals surface area contributed by atoms with Gasteiger partial charge in [-0.3, -0.25) is 14.7 Å². The first-order chi connectivity index (χ1) is 9.45. The molecule has 0 bridgehead atoms. The summed E-state index contributed by atoms with van der Waals surface area (Å²) in [6, 6.07) is 1.43. The van der Waals surface area contributed by atoms with E-state index >= 15 is 0 Å². The highest BCUT2D eigenvalue weighted by Gasteiger charge is 2.31. The molecule has 0 spiro atoms. The molecule has 2 saturated heterocycles. The van der Waals surface area contributed by atoms with E-state index in [0.717, 1.165) is 38.2 Å². The molecule has 4 nitrogen and oxygen atoms in total. The highest BCUT2D eigenvalue weighted by molar-refractivity contribution is 4.88. The van der Waals surface area contributed by atoms with Crippen LogP contribution in [0.3, 0.4) is 0 Å². The van der Waals surface area contributed by atoms with Gasteiger partial charge in [-0.25, -0.2) is 0 Å². The third kappa shape index (κ3) is 4.42. The van der Waals surface area contributed by atoms with Crippen LogP contribution in [0.15, 0.2) is 0 Å². The van der Waals surface area contributed by atoms with Gasteiger partial charge >= 0.3 is 0 Å². The summed E-state index contributed by atoms with van der Waals surface area (Å²) in [5.74, 6) is 0.768. The molecule has 4 heteroatoms. The van der Waals surface area contributed by atoms with Crippen molar-refractivity contribution in [2.45, 2.75) is 45.9 Å². The first-order valence-corrected chi connectivity index (χ1v) is 8.24. The molecular formula is C16H33N3O. The predicted octanol–water partition coefficient (Wildman–Crippen LogP) is 1.37. The number of nitrogens with zero attached hydrogens (tertiary/aromatic N) is 3. The first-order valence-electron chi connectivity index (χ1n) is 8.24. The van der Waals surface area contributed by atoms with Gasteiger partial charge in [0.1, 0.15) is 0 Å². The average molecular weight is 283 g/mol. The molecule has 2 aliphatic heterocycles. The molecule has 2 aliphatic rings. The van der Waals surface area contributed by atoms with E-state index < -0.39 is 0 Å². The minimum absolute atomic E-state index is 0.482. The normalized spacial score (nSPS) is 22.8. The Morgan fingerprint density at radius 1 is 1.10 bits per heavy atom. The predicted molar refractivity (Wildman–Crippen MR) is 84.1 cm³/mol. The van der Waals surface area contributed by atoms with Crippen molar-refractivity contribution in [3.63, 3.8) is 0 Å². The molecule has 0 aliphatic carbocycles. The molecule has 0 unspecified atom stereocenters. The maximum atomic E-state index is 5.96. The van der Waals surface area contributed by atoms with Crippen molar-refractivity contribution in [1.82, 2.24) is 14.7 Å². The van der Waals surface area contributed by atoms with Crippen LogP contribution in [0.1, 0.15) is 27.7 Å². The minimum Gasteiger partial charge on any atom is -0.374 e. The number of hydrogen-bond acceptors (Lipinski definition) is 4. The van der Waals surface area contributed by atoms with Crippen LogP contribution in [0.4, 0.5) is 0 Å². The molecule has 2 heterocycles. The van der Waals surface area contributed by atoms with Crippen molar-refractivity contribution in [1.29, 1.82) is 0 Å². The third-order valence-corrected chi connectivity index (χ3v) is 4.59. The fourth-order valence-electron chi connectivity index (χ4n) is 3.03. The van der Waals surface area contributed by atoms with Crippen LogP contribution in [0.2, 0.25) is 0 Å². The van der Waals surface area contributed by atoms with Gasteiger partial charge < -0.3 is 4.74 Å². The lowest BCUT2D eigenvalue weighted by molar-refractivity contribution is -0.0684. The van der Waals surface area contributed by atoms with Gasteiger partial charge in [-0.05, 0) is 26.8 Å². The van der Waals surface area contributed by atoms with E-state index in [2.05, 4.69) is 49.4 Å². The monoisotopic (exact) mass is 283 g/mol.